The van der Waals surface area contributed by atoms with E-state index in [1.807, 2.05) is 0 Å². The lowest BCUT2D eigenvalue weighted by atomic mass is 9.92. The average molecular weight is 280 g/mol. The van der Waals surface area contributed by atoms with E-state index < -0.39 is 35.8 Å². The zero-order chi connectivity index (χ0) is 14.9. The quantitative estimate of drug-likeness (QED) is 0.655. The fraction of sp³-hybridized carbons (Fsp3) is 0.308. The maximum Gasteiger partial charge on any atom is 0.325 e. The standard InChI is InChI=1S/C13H13FN2O4/c1-13(8-3-5-9(14)6-4-8)11(18)16(12(19)15-13)7-10(17)20-2/h3-6H,7H2,1-2H3,(H,15,19)/t13-/m0/s1. The van der Waals surface area contributed by atoms with Gasteiger partial charge in [0.15, 0.2) is 0 Å². The summed E-state index contributed by atoms with van der Waals surface area (Å²) in [6, 6.07) is 4.53. The van der Waals surface area contributed by atoms with E-state index >= 15 is 0 Å². The van der Waals surface area contributed by atoms with Crippen LogP contribution >= 0.6 is 0 Å². The molecule has 20 heavy (non-hydrogen) atoms. The van der Waals surface area contributed by atoms with Gasteiger partial charge < -0.3 is 10.1 Å². The van der Waals surface area contributed by atoms with Crippen LogP contribution in [0.5, 0.6) is 0 Å². The van der Waals surface area contributed by atoms with E-state index in [0.29, 0.717) is 5.56 Å². The third-order valence-electron chi connectivity index (χ3n) is 3.21. The number of urea groups is 1. The smallest absolute Gasteiger partial charge is 0.325 e. The van der Waals surface area contributed by atoms with Gasteiger partial charge >= 0.3 is 12.0 Å². The van der Waals surface area contributed by atoms with Crippen LogP contribution < -0.4 is 5.32 Å². The Kier molecular flexibility index (Phi) is 3.44. The molecule has 1 aromatic rings. The van der Waals surface area contributed by atoms with Crippen molar-refractivity contribution >= 4 is 17.9 Å². The number of esters is 1. The molecular formula is C13H13FN2O4. The lowest BCUT2D eigenvalue weighted by molar-refractivity contribution is -0.145. The third kappa shape index (κ3) is 2.22. The maximum absolute atomic E-state index is 12.9. The van der Waals surface area contributed by atoms with Gasteiger partial charge in [-0.3, -0.25) is 14.5 Å². The van der Waals surface area contributed by atoms with E-state index in [1.54, 1.807) is 0 Å². The number of hydrogen-bond donors (Lipinski definition) is 1. The molecule has 7 heteroatoms. The van der Waals surface area contributed by atoms with Gasteiger partial charge in [0.1, 0.15) is 17.9 Å². The van der Waals surface area contributed by atoms with Crippen LogP contribution in [0.1, 0.15) is 12.5 Å². The Bertz CT molecular complexity index is 572. The lowest BCUT2D eigenvalue weighted by Gasteiger charge is -2.21. The zero-order valence-corrected chi connectivity index (χ0v) is 11.0. The fourth-order valence-electron chi connectivity index (χ4n) is 2.01. The number of carbonyl (C=O) groups excluding carboxylic acids is 3. The first-order valence-electron chi connectivity index (χ1n) is 5.85. The molecule has 1 atom stereocenters. The molecule has 1 saturated heterocycles. The van der Waals surface area contributed by atoms with Gasteiger partial charge in [-0.05, 0) is 24.6 Å². The summed E-state index contributed by atoms with van der Waals surface area (Å²) in [6.07, 6.45) is 0. The summed E-state index contributed by atoms with van der Waals surface area (Å²) >= 11 is 0. The number of nitrogens with zero attached hydrogens (tertiary/aromatic N) is 1. The minimum atomic E-state index is -1.32. The predicted molar refractivity (Wildman–Crippen MR) is 66.0 cm³/mol. The van der Waals surface area contributed by atoms with Crippen molar-refractivity contribution in [2.24, 2.45) is 0 Å². The van der Waals surface area contributed by atoms with Gasteiger partial charge in [-0.25, -0.2) is 9.18 Å². The summed E-state index contributed by atoms with van der Waals surface area (Å²) in [7, 11) is 1.17. The van der Waals surface area contributed by atoms with Crippen LogP contribution in [-0.4, -0.2) is 36.5 Å². The van der Waals surface area contributed by atoms with Crippen molar-refractivity contribution < 1.29 is 23.5 Å². The monoisotopic (exact) mass is 280 g/mol. The number of imide groups is 1. The molecule has 1 fully saturated rings. The van der Waals surface area contributed by atoms with Crippen molar-refractivity contribution in [3.63, 3.8) is 0 Å². The second-order valence-electron chi connectivity index (χ2n) is 4.53. The zero-order valence-electron chi connectivity index (χ0n) is 11.0. The van der Waals surface area contributed by atoms with E-state index in [4.69, 9.17) is 0 Å². The van der Waals surface area contributed by atoms with E-state index in [-0.39, 0.29) is 0 Å². The van der Waals surface area contributed by atoms with Gasteiger partial charge in [-0.2, -0.15) is 0 Å². The van der Waals surface area contributed by atoms with Crippen LogP contribution in [0, 0.1) is 5.82 Å². The molecule has 1 aromatic carbocycles. The van der Waals surface area contributed by atoms with Crippen LogP contribution in [-0.2, 0) is 19.9 Å². The first-order chi connectivity index (χ1) is 9.38. The van der Waals surface area contributed by atoms with Gasteiger partial charge in [-0.15, -0.1) is 0 Å². The molecule has 106 valence electrons. The highest BCUT2D eigenvalue weighted by Crippen LogP contribution is 2.28. The number of methoxy groups -OCH3 is 1. The van der Waals surface area contributed by atoms with Crippen molar-refractivity contribution in [2.75, 3.05) is 13.7 Å². The third-order valence-corrected chi connectivity index (χ3v) is 3.21. The highest BCUT2D eigenvalue weighted by atomic mass is 19.1. The summed E-state index contributed by atoms with van der Waals surface area (Å²) in [6.45, 7) is 1.04. The second-order valence-corrected chi connectivity index (χ2v) is 4.53. The predicted octanol–water partition coefficient (Wildman–Crippen LogP) is 0.766. The minimum Gasteiger partial charge on any atom is -0.468 e. The minimum absolute atomic E-state index is 0.435. The first-order valence-corrected chi connectivity index (χ1v) is 5.85. The van der Waals surface area contributed by atoms with Gasteiger partial charge in [0.05, 0.1) is 7.11 Å². The Hall–Kier alpha value is -2.44. The van der Waals surface area contributed by atoms with Crippen LogP contribution in [0.3, 0.4) is 0 Å². The molecule has 2 rings (SSSR count). The number of hydrogen-bond acceptors (Lipinski definition) is 4. The Morgan fingerprint density at radius 1 is 1.35 bits per heavy atom. The second kappa shape index (κ2) is 4.92. The molecule has 1 heterocycles. The Morgan fingerprint density at radius 2 is 1.95 bits per heavy atom. The number of benzene rings is 1. The SMILES string of the molecule is COC(=O)CN1C(=O)N[C@@](C)(c2ccc(F)cc2)C1=O. The van der Waals surface area contributed by atoms with Crippen molar-refractivity contribution in [2.45, 2.75) is 12.5 Å². The maximum atomic E-state index is 12.9. The van der Waals surface area contributed by atoms with E-state index in [1.165, 1.54) is 38.3 Å². The fourth-order valence-corrected chi connectivity index (χ4v) is 2.01. The molecule has 0 unspecified atom stereocenters. The van der Waals surface area contributed by atoms with E-state index in [9.17, 15) is 18.8 Å². The van der Waals surface area contributed by atoms with Crippen LogP contribution in [0.15, 0.2) is 24.3 Å². The summed E-state index contributed by atoms with van der Waals surface area (Å²) in [5.74, 6) is -1.73. The molecule has 0 aromatic heterocycles. The number of amides is 3. The summed E-state index contributed by atoms with van der Waals surface area (Å²) in [5.41, 5.74) is -0.886. The molecule has 0 aliphatic carbocycles. The van der Waals surface area contributed by atoms with Crippen LogP contribution in [0.4, 0.5) is 9.18 Å². The Balaban J connectivity index is 2.30. The largest absolute Gasteiger partial charge is 0.468 e. The number of rotatable bonds is 3. The molecule has 0 saturated carbocycles. The number of nitrogens with one attached hydrogen (secondary N) is 1. The molecular weight excluding hydrogens is 267 g/mol. The van der Waals surface area contributed by atoms with Crippen molar-refractivity contribution in [3.05, 3.63) is 35.6 Å². The Morgan fingerprint density at radius 3 is 2.50 bits per heavy atom. The molecule has 3 amide bonds. The van der Waals surface area contributed by atoms with Crippen molar-refractivity contribution in [1.82, 2.24) is 10.2 Å². The topological polar surface area (TPSA) is 75.7 Å². The first kappa shape index (κ1) is 14.0. The van der Waals surface area contributed by atoms with E-state index in [0.717, 1.165) is 4.90 Å². The lowest BCUT2D eigenvalue weighted by Crippen LogP contribution is -2.41. The van der Waals surface area contributed by atoms with Crippen LogP contribution in [0.25, 0.3) is 0 Å². The van der Waals surface area contributed by atoms with Crippen LogP contribution in [0.2, 0.25) is 0 Å². The van der Waals surface area contributed by atoms with Gasteiger partial charge in [0.25, 0.3) is 5.91 Å². The van der Waals surface area contributed by atoms with Crippen molar-refractivity contribution in [3.8, 4) is 0 Å². The van der Waals surface area contributed by atoms with Crippen molar-refractivity contribution in [1.29, 1.82) is 0 Å². The van der Waals surface area contributed by atoms with Gasteiger partial charge in [0.2, 0.25) is 0 Å². The summed E-state index contributed by atoms with van der Waals surface area (Å²) < 4.78 is 17.4. The van der Waals surface area contributed by atoms with E-state index in [2.05, 4.69) is 10.1 Å². The molecule has 1 aliphatic heterocycles. The normalized spacial score (nSPS) is 21.9. The molecule has 0 bridgehead atoms. The summed E-state index contributed by atoms with van der Waals surface area (Å²) in [5, 5.41) is 2.50. The molecule has 1 N–H and O–H groups in total. The number of ether oxygens (including phenoxy) is 1. The van der Waals surface area contributed by atoms with Gasteiger partial charge in [-0.1, -0.05) is 12.1 Å². The highest BCUT2D eigenvalue weighted by molar-refractivity contribution is 6.08. The number of carbonyl (C=O) groups is 3. The molecule has 1 aliphatic rings. The molecule has 0 spiro atoms. The Labute approximate surface area is 114 Å². The summed E-state index contributed by atoms with van der Waals surface area (Å²) in [4.78, 5) is 36.1. The number of halogens is 1. The molecule has 0 radical (unpaired) electrons. The highest BCUT2D eigenvalue weighted by Gasteiger charge is 2.49. The average Bonchev–Trinajstić information content (AvgIpc) is 2.64. The molecule has 6 nitrogen and oxygen atoms in total. The van der Waals surface area contributed by atoms with Gasteiger partial charge in [0, 0.05) is 0 Å².